The zero-order chi connectivity index (χ0) is 27.0. The Bertz CT molecular complexity index is 1560. The topological polar surface area (TPSA) is 95.5 Å². The standard InChI is InChI=1S/C30H27F2N5O2/c1-30(9-10-30)17-36-29(33)38-13-8-21-22-14-18(20-5-3-12-35-27(20)31)6-7-25(22)39-26-23(21)15-24(37-28(26)32)19-4-2-11-34-16-19/h2-7,11-12,14-16,21H,8-10,13,17H2,1H3,(H2,33,36). The van der Waals surface area contributed by atoms with Crippen molar-refractivity contribution in [1.29, 1.82) is 0 Å². The SMILES string of the molecule is CC1(CN=C(N)OCCC2c3cc(-c4cccnc4F)ccc3Oc3c2cc(-c2cccnc2)nc3F)CC1. The van der Waals surface area contributed by atoms with Crippen LogP contribution in [0.3, 0.4) is 0 Å². The van der Waals surface area contributed by atoms with Gasteiger partial charge in [0, 0.05) is 53.3 Å². The quantitative estimate of drug-likeness (QED) is 0.174. The minimum Gasteiger partial charge on any atom is -0.465 e. The number of pyridine rings is 3. The van der Waals surface area contributed by atoms with Crippen LogP contribution in [-0.2, 0) is 4.74 Å². The molecule has 0 spiro atoms. The molecule has 1 aliphatic carbocycles. The number of hydrogen-bond acceptors (Lipinski definition) is 6. The van der Waals surface area contributed by atoms with Gasteiger partial charge < -0.3 is 15.2 Å². The molecule has 3 aromatic heterocycles. The third kappa shape index (κ3) is 5.16. The lowest BCUT2D eigenvalue weighted by Gasteiger charge is -2.29. The van der Waals surface area contributed by atoms with Gasteiger partial charge >= 0.3 is 0 Å². The minimum absolute atomic E-state index is 0.0590. The summed E-state index contributed by atoms with van der Waals surface area (Å²) >= 11 is 0. The van der Waals surface area contributed by atoms with Crippen LogP contribution in [0.4, 0.5) is 8.78 Å². The van der Waals surface area contributed by atoms with Gasteiger partial charge in [-0.15, -0.1) is 0 Å². The molecule has 2 aliphatic rings. The summed E-state index contributed by atoms with van der Waals surface area (Å²) in [6, 6.07) is 14.2. The van der Waals surface area contributed by atoms with Crippen LogP contribution >= 0.6 is 0 Å². The fourth-order valence-corrected chi connectivity index (χ4v) is 4.78. The van der Waals surface area contributed by atoms with Crippen LogP contribution in [0.15, 0.2) is 72.1 Å². The first-order chi connectivity index (χ1) is 18.9. The maximum absolute atomic E-state index is 15.4. The van der Waals surface area contributed by atoms with Crippen molar-refractivity contribution in [3.05, 3.63) is 90.1 Å². The van der Waals surface area contributed by atoms with Crippen molar-refractivity contribution in [2.45, 2.75) is 32.1 Å². The van der Waals surface area contributed by atoms with Crippen LogP contribution < -0.4 is 10.5 Å². The van der Waals surface area contributed by atoms with Crippen molar-refractivity contribution < 1.29 is 18.3 Å². The van der Waals surface area contributed by atoms with E-state index in [1.54, 1.807) is 42.7 Å². The van der Waals surface area contributed by atoms with Crippen LogP contribution in [0.1, 0.15) is 43.2 Å². The summed E-state index contributed by atoms with van der Waals surface area (Å²) < 4.78 is 41.7. The summed E-state index contributed by atoms with van der Waals surface area (Å²) in [5.41, 5.74) is 9.75. The van der Waals surface area contributed by atoms with Crippen LogP contribution in [-0.4, -0.2) is 34.1 Å². The Balaban J connectivity index is 1.37. The second-order valence-corrected chi connectivity index (χ2v) is 10.3. The molecular formula is C30H27F2N5O2. The van der Waals surface area contributed by atoms with Gasteiger partial charge in [-0.2, -0.15) is 8.78 Å². The first-order valence-corrected chi connectivity index (χ1v) is 12.9. The number of fused-ring (bicyclic) bond motifs is 2. The van der Waals surface area contributed by atoms with Gasteiger partial charge in [0.05, 0.1) is 12.3 Å². The van der Waals surface area contributed by atoms with E-state index in [2.05, 4.69) is 26.9 Å². The summed E-state index contributed by atoms with van der Waals surface area (Å²) in [5, 5.41) is 0. The fourth-order valence-electron chi connectivity index (χ4n) is 4.78. The zero-order valence-electron chi connectivity index (χ0n) is 21.4. The van der Waals surface area contributed by atoms with Crippen molar-refractivity contribution in [3.63, 3.8) is 0 Å². The van der Waals surface area contributed by atoms with Crippen molar-refractivity contribution in [3.8, 4) is 33.9 Å². The third-order valence-corrected chi connectivity index (χ3v) is 7.34. The lowest BCUT2D eigenvalue weighted by atomic mass is 9.84. The summed E-state index contributed by atoms with van der Waals surface area (Å²) in [4.78, 5) is 16.4. The van der Waals surface area contributed by atoms with E-state index in [0.717, 1.165) is 18.4 Å². The lowest BCUT2D eigenvalue weighted by Crippen LogP contribution is -2.21. The molecule has 2 N–H and O–H groups in total. The lowest BCUT2D eigenvalue weighted by molar-refractivity contribution is 0.279. The number of rotatable bonds is 7. The highest BCUT2D eigenvalue weighted by molar-refractivity contribution is 5.72. The molecule has 1 fully saturated rings. The molecule has 0 saturated heterocycles. The van der Waals surface area contributed by atoms with Crippen molar-refractivity contribution in [2.75, 3.05) is 13.2 Å². The molecular weight excluding hydrogens is 500 g/mol. The zero-order valence-corrected chi connectivity index (χ0v) is 21.4. The van der Waals surface area contributed by atoms with Crippen molar-refractivity contribution in [2.24, 2.45) is 16.1 Å². The molecule has 9 heteroatoms. The number of nitrogens with two attached hydrogens (primary N) is 1. The van der Waals surface area contributed by atoms with E-state index in [9.17, 15) is 4.39 Å². The Morgan fingerprint density at radius 3 is 2.69 bits per heavy atom. The molecule has 198 valence electrons. The molecule has 7 nitrogen and oxygen atoms in total. The Hall–Kier alpha value is -4.40. The molecule has 0 bridgehead atoms. The molecule has 4 aromatic rings. The highest BCUT2D eigenvalue weighted by Crippen LogP contribution is 2.48. The Kier molecular flexibility index (Phi) is 6.42. The maximum atomic E-state index is 15.4. The summed E-state index contributed by atoms with van der Waals surface area (Å²) in [6.07, 6.45) is 7.40. The van der Waals surface area contributed by atoms with Gasteiger partial charge in [-0.1, -0.05) is 13.0 Å². The van der Waals surface area contributed by atoms with E-state index in [-0.39, 0.29) is 29.7 Å². The number of aliphatic imine (C=N–C) groups is 1. The van der Waals surface area contributed by atoms with Gasteiger partial charge in [-0.05, 0) is 72.7 Å². The third-order valence-electron chi connectivity index (χ3n) is 7.34. The molecule has 1 saturated carbocycles. The van der Waals surface area contributed by atoms with Gasteiger partial charge in [0.25, 0.3) is 12.0 Å². The number of aromatic nitrogens is 3. The van der Waals surface area contributed by atoms with Crippen LogP contribution in [0.5, 0.6) is 11.5 Å². The second kappa shape index (κ2) is 10.1. The Labute approximate surface area is 224 Å². The summed E-state index contributed by atoms with van der Waals surface area (Å²) in [7, 11) is 0. The first-order valence-electron chi connectivity index (χ1n) is 12.9. The van der Waals surface area contributed by atoms with E-state index in [0.29, 0.717) is 46.7 Å². The molecule has 6 rings (SSSR count). The second-order valence-electron chi connectivity index (χ2n) is 10.3. The highest BCUT2D eigenvalue weighted by Gasteiger charge is 2.37. The number of amidine groups is 1. The van der Waals surface area contributed by atoms with Gasteiger partial charge in [0.15, 0.2) is 5.75 Å². The highest BCUT2D eigenvalue weighted by atomic mass is 19.1. The molecule has 1 atom stereocenters. The summed E-state index contributed by atoms with van der Waals surface area (Å²) in [6.45, 7) is 3.05. The van der Waals surface area contributed by atoms with Crippen LogP contribution in [0, 0.1) is 17.3 Å². The number of nitrogens with zero attached hydrogens (tertiary/aromatic N) is 4. The largest absolute Gasteiger partial charge is 0.465 e. The Morgan fingerprint density at radius 2 is 1.92 bits per heavy atom. The minimum atomic E-state index is -0.718. The normalized spacial score (nSPS) is 17.1. The fraction of sp³-hybridized carbons (Fsp3) is 0.267. The predicted molar refractivity (Wildman–Crippen MR) is 143 cm³/mol. The monoisotopic (exact) mass is 527 g/mol. The average Bonchev–Trinajstić information content (AvgIpc) is 3.69. The van der Waals surface area contributed by atoms with E-state index in [1.165, 1.54) is 6.20 Å². The van der Waals surface area contributed by atoms with E-state index in [4.69, 9.17) is 15.2 Å². The smallest absolute Gasteiger partial charge is 0.281 e. The molecule has 0 amide bonds. The first kappa shape index (κ1) is 24.9. The molecule has 1 aliphatic heterocycles. The van der Waals surface area contributed by atoms with Crippen LogP contribution in [0.25, 0.3) is 22.4 Å². The Morgan fingerprint density at radius 1 is 1.08 bits per heavy atom. The number of halogens is 2. The number of ether oxygens (including phenoxy) is 2. The number of benzene rings is 1. The van der Waals surface area contributed by atoms with Gasteiger partial charge in [-0.3, -0.25) is 4.98 Å². The van der Waals surface area contributed by atoms with E-state index >= 15 is 4.39 Å². The van der Waals surface area contributed by atoms with E-state index < -0.39 is 11.9 Å². The molecule has 4 heterocycles. The molecule has 39 heavy (non-hydrogen) atoms. The molecule has 0 radical (unpaired) electrons. The average molecular weight is 528 g/mol. The summed E-state index contributed by atoms with van der Waals surface area (Å²) in [5.74, 6) is -1.10. The van der Waals surface area contributed by atoms with Gasteiger partial charge in [-0.25, -0.2) is 15.0 Å². The van der Waals surface area contributed by atoms with Gasteiger partial charge in [0.2, 0.25) is 5.95 Å². The van der Waals surface area contributed by atoms with E-state index in [1.807, 2.05) is 18.2 Å². The molecule has 1 unspecified atom stereocenters. The van der Waals surface area contributed by atoms with Crippen molar-refractivity contribution in [1.82, 2.24) is 15.0 Å². The maximum Gasteiger partial charge on any atom is 0.281 e. The van der Waals surface area contributed by atoms with Crippen LogP contribution in [0.2, 0.25) is 0 Å². The predicted octanol–water partition coefficient (Wildman–Crippen LogP) is 6.24. The van der Waals surface area contributed by atoms with Gasteiger partial charge in [0.1, 0.15) is 5.75 Å². The van der Waals surface area contributed by atoms with Crippen molar-refractivity contribution >= 4 is 6.02 Å². The number of hydrogen-bond donors (Lipinski definition) is 1. The molecule has 1 aromatic carbocycles.